The zero-order chi connectivity index (χ0) is 18.5. The van der Waals surface area contributed by atoms with E-state index in [1.807, 2.05) is 28.3 Å². The van der Waals surface area contributed by atoms with E-state index in [1.54, 1.807) is 12.4 Å². The third kappa shape index (κ3) is 4.02. The number of carbonyl (C=O) groups is 1. The van der Waals surface area contributed by atoms with Crippen LogP contribution in [0, 0.1) is 10.7 Å². The first-order valence-corrected chi connectivity index (χ1v) is 9.51. The molecule has 1 saturated heterocycles. The lowest BCUT2D eigenvalue weighted by Crippen LogP contribution is -2.40. The topological polar surface area (TPSA) is 65.2 Å². The number of nitrogens with zero attached hydrogens (tertiary/aromatic N) is 5. The standard InChI is InChI=1S/C18H25N5O2S/c1-3-22-16(14-7-9-19-10-8-14)20-23(18(22)26)13-21-11-5-6-15(12-21)17(24)25-4-2/h7-10,15H,3-6,11-13H2,1-2H3. The third-order valence-electron chi connectivity index (χ3n) is 4.64. The average Bonchev–Trinajstić information content (AvgIpc) is 2.98. The molecule has 8 heteroatoms. The van der Waals surface area contributed by atoms with Gasteiger partial charge in [0.05, 0.1) is 19.2 Å². The minimum Gasteiger partial charge on any atom is -0.466 e. The highest BCUT2D eigenvalue weighted by molar-refractivity contribution is 7.71. The first-order valence-electron chi connectivity index (χ1n) is 9.11. The molecule has 140 valence electrons. The van der Waals surface area contributed by atoms with Gasteiger partial charge in [0.1, 0.15) is 0 Å². The minimum absolute atomic E-state index is 0.0641. The molecular weight excluding hydrogens is 350 g/mol. The van der Waals surface area contributed by atoms with E-state index in [-0.39, 0.29) is 11.9 Å². The van der Waals surface area contributed by atoms with Gasteiger partial charge >= 0.3 is 5.97 Å². The number of hydrogen-bond acceptors (Lipinski definition) is 6. The van der Waals surface area contributed by atoms with Crippen molar-refractivity contribution >= 4 is 18.2 Å². The number of rotatable bonds is 6. The summed E-state index contributed by atoms with van der Waals surface area (Å²) in [6.45, 7) is 7.28. The molecule has 0 radical (unpaired) electrons. The van der Waals surface area contributed by atoms with Crippen molar-refractivity contribution in [3.63, 3.8) is 0 Å². The summed E-state index contributed by atoms with van der Waals surface area (Å²) in [4.78, 5) is 18.3. The van der Waals surface area contributed by atoms with Gasteiger partial charge in [0, 0.05) is 31.0 Å². The summed E-state index contributed by atoms with van der Waals surface area (Å²) in [5.41, 5.74) is 0.995. The molecule has 1 aliphatic rings. The summed E-state index contributed by atoms with van der Waals surface area (Å²) in [5.74, 6) is 0.682. The number of hydrogen-bond donors (Lipinski definition) is 0. The summed E-state index contributed by atoms with van der Waals surface area (Å²) in [5, 5.41) is 4.74. The molecule has 0 aromatic carbocycles. The lowest BCUT2D eigenvalue weighted by atomic mass is 9.99. The van der Waals surface area contributed by atoms with Crippen LogP contribution >= 0.6 is 12.2 Å². The molecule has 1 fully saturated rings. The van der Waals surface area contributed by atoms with Gasteiger partial charge in [-0.25, -0.2) is 4.68 Å². The van der Waals surface area contributed by atoms with Crippen LogP contribution < -0.4 is 0 Å². The van der Waals surface area contributed by atoms with Gasteiger partial charge in [-0.05, 0) is 57.6 Å². The van der Waals surface area contributed by atoms with Crippen LogP contribution in [0.5, 0.6) is 0 Å². The van der Waals surface area contributed by atoms with Gasteiger partial charge in [-0.3, -0.25) is 14.7 Å². The maximum absolute atomic E-state index is 12.1. The summed E-state index contributed by atoms with van der Waals surface area (Å²) in [6.07, 6.45) is 5.37. The number of likely N-dealkylation sites (tertiary alicyclic amines) is 1. The molecule has 26 heavy (non-hydrogen) atoms. The monoisotopic (exact) mass is 375 g/mol. The molecular formula is C18H25N5O2S. The molecule has 0 spiro atoms. The first-order chi connectivity index (χ1) is 12.6. The van der Waals surface area contributed by atoms with Gasteiger partial charge in [-0.1, -0.05) is 0 Å². The molecule has 2 aromatic heterocycles. The van der Waals surface area contributed by atoms with Gasteiger partial charge in [-0.2, -0.15) is 5.10 Å². The van der Waals surface area contributed by atoms with E-state index in [9.17, 15) is 4.79 Å². The fraction of sp³-hybridized carbons (Fsp3) is 0.556. The highest BCUT2D eigenvalue weighted by atomic mass is 32.1. The maximum Gasteiger partial charge on any atom is 0.310 e. The third-order valence-corrected chi connectivity index (χ3v) is 5.07. The van der Waals surface area contributed by atoms with Crippen LogP contribution in [0.2, 0.25) is 0 Å². The fourth-order valence-corrected chi connectivity index (χ4v) is 3.67. The van der Waals surface area contributed by atoms with E-state index in [0.717, 1.165) is 37.3 Å². The van der Waals surface area contributed by atoms with E-state index in [0.29, 0.717) is 24.6 Å². The number of esters is 1. The van der Waals surface area contributed by atoms with E-state index in [1.165, 1.54) is 0 Å². The van der Waals surface area contributed by atoms with E-state index < -0.39 is 0 Å². The maximum atomic E-state index is 12.1. The van der Waals surface area contributed by atoms with Crippen LogP contribution in [0.1, 0.15) is 26.7 Å². The van der Waals surface area contributed by atoms with Gasteiger partial charge in [0.25, 0.3) is 0 Å². The fourth-order valence-electron chi connectivity index (χ4n) is 3.36. The summed E-state index contributed by atoms with van der Waals surface area (Å²) in [7, 11) is 0. The Morgan fingerprint density at radius 2 is 2.12 bits per heavy atom. The van der Waals surface area contributed by atoms with Crippen LogP contribution in [-0.4, -0.2) is 49.9 Å². The number of carbonyl (C=O) groups excluding carboxylic acids is 1. The molecule has 7 nitrogen and oxygen atoms in total. The Hall–Kier alpha value is -2.06. The lowest BCUT2D eigenvalue weighted by molar-refractivity contribution is -0.150. The summed E-state index contributed by atoms with van der Waals surface area (Å²) < 4.78 is 9.75. The molecule has 3 heterocycles. The van der Waals surface area contributed by atoms with E-state index in [4.69, 9.17) is 22.1 Å². The molecule has 0 saturated carbocycles. The molecule has 0 bridgehead atoms. The molecule has 1 aliphatic heterocycles. The van der Waals surface area contributed by atoms with E-state index in [2.05, 4.69) is 16.8 Å². The van der Waals surface area contributed by atoms with Crippen molar-refractivity contribution in [1.82, 2.24) is 24.2 Å². The molecule has 0 aliphatic carbocycles. The van der Waals surface area contributed by atoms with Crippen molar-refractivity contribution in [1.29, 1.82) is 0 Å². The van der Waals surface area contributed by atoms with Crippen molar-refractivity contribution in [2.45, 2.75) is 39.9 Å². The van der Waals surface area contributed by atoms with Gasteiger partial charge in [0.2, 0.25) is 0 Å². The van der Waals surface area contributed by atoms with Crippen LogP contribution in [0.4, 0.5) is 0 Å². The van der Waals surface area contributed by atoms with E-state index >= 15 is 0 Å². The Bertz CT molecular complexity index is 802. The highest BCUT2D eigenvalue weighted by Crippen LogP contribution is 2.21. The smallest absolute Gasteiger partial charge is 0.310 e. The normalized spacial score (nSPS) is 18.0. The van der Waals surface area contributed by atoms with Crippen LogP contribution in [0.25, 0.3) is 11.4 Å². The Kier molecular flexibility index (Phi) is 6.16. The molecule has 0 amide bonds. The molecule has 0 N–H and O–H groups in total. The van der Waals surface area contributed by atoms with Gasteiger partial charge < -0.3 is 9.30 Å². The highest BCUT2D eigenvalue weighted by Gasteiger charge is 2.27. The number of pyridine rings is 1. The second-order valence-corrected chi connectivity index (χ2v) is 6.76. The van der Waals surface area contributed by atoms with Crippen molar-refractivity contribution in [2.75, 3.05) is 19.7 Å². The molecule has 3 rings (SSSR count). The Balaban J connectivity index is 1.79. The van der Waals surface area contributed by atoms with Crippen LogP contribution in [0.15, 0.2) is 24.5 Å². The predicted molar refractivity (Wildman–Crippen MR) is 101 cm³/mol. The minimum atomic E-state index is -0.0997. The zero-order valence-electron chi connectivity index (χ0n) is 15.3. The Labute approximate surface area is 158 Å². The van der Waals surface area contributed by atoms with Crippen LogP contribution in [-0.2, 0) is 22.7 Å². The Morgan fingerprint density at radius 3 is 2.81 bits per heavy atom. The summed E-state index contributed by atoms with van der Waals surface area (Å²) >= 11 is 5.63. The van der Waals surface area contributed by atoms with Crippen molar-refractivity contribution < 1.29 is 9.53 Å². The van der Waals surface area contributed by atoms with Crippen molar-refractivity contribution in [3.8, 4) is 11.4 Å². The second-order valence-electron chi connectivity index (χ2n) is 6.40. The first kappa shape index (κ1) is 18.7. The van der Waals surface area contributed by atoms with Gasteiger partial charge in [0.15, 0.2) is 10.6 Å². The molecule has 1 atom stereocenters. The summed E-state index contributed by atoms with van der Waals surface area (Å²) in [6, 6.07) is 3.87. The van der Waals surface area contributed by atoms with Gasteiger partial charge in [-0.15, -0.1) is 0 Å². The van der Waals surface area contributed by atoms with Crippen molar-refractivity contribution in [3.05, 3.63) is 29.3 Å². The Morgan fingerprint density at radius 1 is 1.35 bits per heavy atom. The lowest BCUT2D eigenvalue weighted by Gasteiger charge is -2.31. The molecule has 1 unspecified atom stereocenters. The average molecular weight is 375 g/mol. The zero-order valence-corrected chi connectivity index (χ0v) is 16.1. The predicted octanol–water partition coefficient (Wildman–Crippen LogP) is 2.73. The number of aromatic nitrogens is 4. The number of ether oxygens (including phenoxy) is 1. The largest absolute Gasteiger partial charge is 0.466 e. The molecule has 2 aromatic rings. The SMILES string of the molecule is CCOC(=O)C1CCCN(Cn2nc(-c3ccncc3)n(CC)c2=S)C1. The number of piperidine rings is 1. The van der Waals surface area contributed by atoms with Crippen molar-refractivity contribution in [2.24, 2.45) is 5.92 Å². The van der Waals surface area contributed by atoms with Crippen LogP contribution in [0.3, 0.4) is 0 Å². The second kappa shape index (κ2) is 8.55. The quantitative estimate of drug-likeness (QED) is 0.571.